The molecule has 1 aliphatic rings. The third-order valence-electron chi connectivity index (χ3n) is 6.06. The molecule has 0 aromatic heterocycles. The van der Waals surface area contributed by atoms with E-state index in [1.807, 2.05) is 65.8 Å². The van der Waals surface area contributed by atoms with Gasteiger partial charge in [0, 0.05) is 26.3 Å². The van der Waals surface area contributed by atoms with Crippen molar-refractivity contribution in [3.63, 3.8) is 0 Å². The maximum atomic E-state index is 13.8. The van der Waals surface area contributed by atoms with Gasteiger partial charge in [0.2, 0.25) is 5.91 Å². The Morgan fingerprint density at radius 3 is 2.18 bits per heavy atom. The maximum absolute atomic E-state index is 13.8. The van der Waals surface area contributed by atoms with E-state index >= 15 is 0 Å². The standard InChI is InChI=1S/C26H36ClN3O4S.2C2H6/c1-4-20-5-7-22(8-6-20)30(18-19(2)3)35(32,33)23-9-10-24(25(15-23)29-26(31)16-27)28-17-21-11-13-34-14-12-21;2*1-2/h5-10,15,19,21,28H,4,11-14,16-18H2,1-3H3,(H,29,31);2*1-2H3. The van der Waals surface area contributed by atoms with Gasteiger partial charge < -0.3 is 15.4 Å². The van der Waals surface area contributed by atoms with Crippen molar-refractivity contribution in [3.05, 3.63) is 48.0 Å². The van der Waals surface area contributed by atoms with Crippen molar-refractivity contribution in [2.24, 2.45) is 11.8 Å². The Morgan fingerprint density at radius 2 is 1.64 bits per heavy atom. The summed E-state index contributed by atoms with van der Waals surface area (Å²) < 4.78 is 34.5. The lowest BCUT2D eigenvalue weighted by Crippen LogP contribution is -2.34. The molecule has 1 saturated heterocycles. The molecule has 0 radical (unpaired) electrons. The molecule has 2 aromatic rings. The van der Waals surface area contributed by atoms with Crippen LogP contribution < -0.4 is 14.9 Å². The predicted molar refractivity (Wildman–Crippen MR) is 166 cm³/mol. The van der Waals surface area contributed by atoms with Gasteiger partial charge in [0.15, 0.2) is 0 Å². The summed E-state index contributed by atoms with van der Waals surface area (Å²) in [5.41, 5.74) is 2.82. The Hall–Kier alpha value is -2.29. The normalized spacial score (nSPS) is 13.5. The summed E-state index contributed by atoms with van der Waals surface area (Å²) in [6.45, 7) is 16.6. The third kappa shape index (κ3) is 10.7. The average Bonchev–Trinajstić information content (AvgIpc) is 2.97. The highest BCUT2D eigenvalue weighted by molar-refractivity contribution is 7.92. The van der Waals surface area contributed by atoms with Crippen LogP contribution in [0.2, 0.25) is 0 Å². The van der Waals surface area contributed by atoms with Crippen molar-refractivity contribution in [2.45, 2.75) is 72.6 Å². The first-order valence-corrected chi connectivity index (χ1v) is 16.1. The highest BCUT2D eigenvalue weighted by atomic mass is 35.5. The number of sulfonamides is 1. The lowest BCUT2D eigenvalue weighted by atomic mass is 10.0. The molecule has 1 heterocycles. The van der Waals surface area contributed by atoms with Crippen molar-refractivity contribution in [2.75, 3.05) is 47.1 Å². The molecule has 1 aliphatic heterocycles. The first-order valence-electron chi connectivity index (χ1n) is 14.2. The van der Waals surface area contributed by atoms with Crippen LogP contribution in [0.5, 0.6) is 0 Å². The zero-order valence-electron chi connectivity index (χ0n) is 24.7. The van der Waals surface area contributed by atoms with E-state index in [2.05, 4.69) is 17.6 Å². The molecule has 39 heavy (non-hydrogen) atoms. The topological polar surface area (TPSA) is 87.7 Å². The van der Waals surface area contributed by atoms with Crippen LogP contribution in [0.1, 0.15) is 66.9 Å². The first kappa shape index (κ1) is 34.7. The number of alkyl halides is 1. The molecule has 0 bridgehead atoms. The Balaban J connectivity index is 0.00000181. The molecule has 2 N–H and O–H groups in total. The minimum absolute atomic E-state index is 0.110. The molecule has 3 rings (SSSR count). The van der Waals surface area contributed by atoms with Crippen LogP contribution in [0.25, 0.3) is 0 Å². The van der Waals surface area contributed by atoms with Gasteiger partial charge in [-0.15, -0.1) is 11.6 Å². The van der Waals surface area contributed by atoms with E-state index in [9.17, 15) is 13.2 Å². The molecule has 0 atom stereocenters. The number of carbonyl (C=O) groups is 1. The number of benzene rings is 2. The van der Waals surface area contributed by atoms with E-state index in [-0.39, 0.29) is 16.7 Å². The van der Waals surface area contributed by atoms with Crippen LogP contribution in [0.4, 0.5) is 17.1 Å². The second kappa shape index (κ2) is 18.1. The van der Waals surface area contributed by atoms with Gasteiger partial charge in [-0.1, -0.05) is 60.6 Å². The second-order valence-electron chi connectivity index (χ2n) is 9.28. The van der Waals surface area contributed by atoms with E-state index in [1.165, 1.54) is 10.4 Å². The zero-order chi connectivity index (χ0) is 29.4. The van der Waals surface area contributed by atoms with E-state index in [0.29, 0.717) is 36.1 Å². The number of carbonyl (C=O) groups excluding carboxylic acids is 1. The van der Waals surface area contributed by atoms with Gasteiger partial charge in [0.1, 0.15) is 5.88 Å². The van der Waals surface area contributed by atoms with Crippen LogP contribution in [0.15, 0.2) is 47.4 Å². The molecule has 220 valence electrons. The van der Waals surface area contributed by atoms with Gasteiger partial charge in [0.25, 0.3) is 10.0 Å². The number of rotatable bonds is 11. The van der Waals surface area contributed by atoms with Crippen LogP contribution in [0.3, 0.4) is 0 Å². The summed E-state index contributed by atoms with van der Waals surface area (Å²) in [6, 6.07) is 12.4. The summed E-state index contributed by atoms with van der Waals surface area (Å²) in [4.78, 5) is 12.2. The fourth-order valence-electron chi connectivity index (χ4n) is 4.03. The molecular weight excluding hydrogens is 534 g/mol. The van der Waals surface area contributed by atoms with Gasteiger partial charge in [0.05, 0.1) is 22.0 Å². The quantitative estimate of drug-likeness (QED) is 0.275. The lowest BCUT2D eigenvalue weighted by Gasteiger charge is -2.27. The van der Waals surface area contributed by atoms with E-state index < -0.39 is 15.9 Å². The summed E-state index contributed by atoms with van der Waals surface area (Å²) in [5.74, 6) is -0.0491. The molecule has 0 aliphatic carbocycles. The number of hydrogen-bond acceptors (Lipinski definition) is 5. The molecular formula is C30H48ClN3O4S. The number of nitrogens with one attached hydrogen (secondary N) is 2. The molecule has 0 saturated carbocycles. The van der Waals surface area contributed by atoms with Crippen molar-refractivity contribution in [1.82, 2.24) is 0 Å². The molecule has 1 amide bonds. The monoisotopic (exact) mass is 581 g/mol. The Bertz CT molecular complexity index is 1090. The summed E-state index contributed by atoms with van der Waals surface area (Å²) >= 11 is 5.72. The number of nitrogens with zero attached hydrogens (tertiary/aromatic N) is 1. The minimum atomic E-state index is -3.88. The molecule has 1 fully saturated rings. The SMILES string of the molecule is CC.CC.CCc1ccc(N(CC(C)C)S(=O)(=O)c2ccc(NCC3CCOCC3)c(NC(=O)CCl)c2)cc1. The van der Waals surface area contributed by atoms with Crippen molar-refractivity contribution < 1.29 is 17.9 Å². The van der Waals surface area contributed by atoms with Crippen LogP contribution >= 0.6 is 11.6 Å². The predicted octanol–water partition coefficient (Wildman–Crippen LogP) is 7.17. The first-order chi connectivity index (χ1) is 18.7. The van der Waals surface area contributed by atoms with E-state index in [4.69, 9.17) is 16.3 Å². The number of anilines is 3. The minimum Gasteiger partial charge on any atom is -0.383 e. The lowest BCUT2D eigenvalue weighted by molar-refractivity contribution is -0.113. The zero-order valence-corrected chi connectivity index (χ0v) is 26.3. The summed E-state index contributed by atoms with van der Waals surface area (Å²) in [7, 11) is -3.88. The Labute approximate surface area is 241 Å². The Kier molecular flexibility index (Phi) is 16.2. The maximum Gasteiger partial charge on any atom is 0.264 e. The van der Waals surface area contributed by atoms with Gasteiger partial charge in [-0.25, -0.2) is 8.42 Å². The molecule has 0 spiro atoms. The molecule has 0 unspecified atom stereocenters. The molecule has 2 aromatic carbocycles. The van der Waals surface area contributed by atoms with Gasteiger partial charge in [-0.2, -0.15) is 0 Å². The number of aryl methyl sites for hydroxylation is 1. The highest BCUT2D eigenvalue weighted by Gasteiger charge is 2.27. The van der Waals surface area contributed by atoms with Crippen molar-refractivity contribution in [3.8, 4) is 0 Å². The van der Waals surface area contributed by atoms with Crippen LogP contribution in [-0.2, 0) is 26.0 Å². The summed E-state index contributed by atoms with van der Waals surface area (Å²) in [6.07, 6.45) is 2.80. The van der Waals surface area contributed by atoms with Crippen LogP contribution in [0, 0.1) is 11.8 Å². The van der Waals surface area contributed by atoms with Gasteiger partial charge in [-0.3, -0.25) is 9.10 Å². The van der Waals surface area contributed by atoms with Crippen molar-refractivity contribution >= 4 is 44.6 Å². The largest absolute Gasteiger partial charge is 0.383 e. The fourth-order valence-corrected chi connectivity index (χ4v) is 5.75. The fraction of sp³-hybridized carbons (Fsp3) is 0.567. The van der Waals surface area contributed by atoms with E-state index in [0.717, 1.165) is 38.0 Å². The number of hydrogen-bond donors (Lipinski definition) is 2. The van der Waals surface area contributed by atoms with Gasteiger partial charge in [-0.05, 0) is 67.0 Å². The molecule has 9 heteroatoms. The average molecular weight is 582 g/mol. The van der Waals surface area contributed by atoms with Gasteiger partial charge >= 0.3 is 0 Å². The number of amides is 1. The number of ether oxygens (including phenoxy) is 1. The van der Waals surface area contributed by atoms with Crippen LogP contribution in [-0.4, -0.2) is 46.5 Å². The third-order valence-corrected chi connectivity index (χ3v) is 8.09. The second-order valence-corrected chi connectivity index (χ2v) is 11.4. The van der Waals surface area contributed by atoms with Crippen molar-refractivity contribution in [1.29, 1.82) is 0 Å². The highest BCUT2D eigenvalue weighted by Crippen LogP contribution is 2.31. The Morgan fingerprint density at radius 1 is 1.03 bits per heavy atom. The smallest absolute Gasteiger partial charge is 0.264 e. The molecule has 7 nitrogen and oxygen atoms in total. The summed E-state index contributed by atoms with van der Waals surface area (Å²) in [5, 5.41) is 6.13. The van der Waals surface area contributed by atoms with E-state index in [1.54, 1.807) is 12.1 Å². The number of halogens is 1.